The fourth-order valence-corrected chi connectivity index (χ4v) is 3.08. The van der Waals surface area contributed by atoms with E-state index in [-0.39, 0.29) is 36.0 Å². The molecule has 6 nitrogen and oxygen atoms in total. The molecule has 2 aromatic carbocycles. The van der Waals surface area contributed by atoms with E-state index in [0.29, 0.717) is 31.6 Å². The van der Waals surface area contributed by atoms with Crippen molar-refractivity contribution in [1.29, 1.82) is 0 Å². The summed E-state index contributed by atoms with van der Waals surface area (Å²) in [5.41, 5.74) is 0.683. The third-order valence-electron chi connectivity index (χ3n) is 4.54. The lowest BCUT2D eigenvalue weighted by atomic mass is 10.1. The number of likely N-dealkylation sites (tertiary alicyclic amines) is 1. The summed E-state index contributed by atoms with van der Waals surface area (Å²) in [6, 6.07) is 11.2. The maximum atomic E-state index is 13.6. The molecule has 8 heteroatoms. The van der Waals surface area contributed by atoms with Crippen molar-refractivity contribution in [1.82, 2.24) is 10.2 Å². The number of amides is 3. The van der Waals surface area contributed by atoms with Crippen molar-refractivity contribution in [2.45, 2.75) is 18.9 Å². The van der Waals surface area contributed by atoms with E-state index in [1.165, 1.54) is 36.4 Å². The molecule has 0 radical (unpaired) electrons. The Kier molecular flexibility index (Phi) is 6.54. The van der Waals surface area contributed by atoms with Crippen LogP contribution < -0.4 is 16.0 Å². The van der Waals surface area contributed by atoms with Gasteiger partial charge in [0.05, 0.1) is 12.2 Å². The van der Waals surface area contributed by atoms with Crippen LogP contribution in [0.1, 0.15) is 12.8 Å². The number of urea groups is 1. The van der Waals surface area contributed by atoms with Gasteiger partial charge in [0, 0.05) is 24.8 Å². The fraction of sp³-hybridized carbons (Fsp3) is 0.300. The quantitative estimate of drug-likeness (QED) is 0.737. The largest absolute Gasteiger partial charge is 0.335 e. The minimum atomic E-state index is -0.467. The summed E-state index contributed by atoms with van der Waals surface area (Å²) < 4.78 is 26.5. The number of hydrogen-bond donors (Lipinski definition) is 3. The summed E-state index contributed by atoms with van der Waals surface area (Å²) in [6.07, 6.45) is 1.40. The SMILES string of the molecule is O=C(CN1CCC(NC(=O)Nc2ccc(F)cc2)CC1)Nc1ccccc1F. The summed E-state index contributed by atoms with van der Waals surface area (Å²) in [7, 11) is 0. The first-order chi connectivity index (χ1) is 13.5. The molecule has 3 amide bonds. The first-order valence-electron chi connectivity index (χ1n) is 9.09. The zero-order valence-electron chi connectivity index (χ0n) is 15.3. The Hall–Kier alpha value is -3.00. The van der Waals surface area contributed by atoms with Gasteiger partial charge >= 0.3 is 6.03 Å². The number of hydrogen-bond acceptors (Lipinski definition) is 3. The Morgan fingerprint density at radius 1 is 0.964 bits per heavy atom. The van der Waals surface area contributed by atoms with Gasteiger partial charge in [-0.2, -0.15) is 0 Å². The van der Waals surface area contributed by atoms with Crippen LogP contribution in [0.15, 0.2) is 48.5 Å². The number of benzene rings is 2. The minimum absolute atomic E-state index is 0.00803. The van der Waals surface area contributed by atoms with Crippen molar-refractivity contribution < 1.29 is 18.4 Å². The van der Waals surface area contributed by atoms with Gasteiger partial charge in [0.2, 0.25) is 5.91 Å². The summed E-state index contributed by atoms with van der Waals surface area (Å²) in [5.74, 6) is -1.10. The summed E-state index contributed by atoms with van der Waals surface area (Å²) in [5, 5.41) is 8.12. The predicted octanol–water partition coefficient (Wildman–Crippen LogP) is 3.19. The number of carbonyl (C=O) groups is 2. The number of rotatable bonds is 5. The lowest BCUT2D eigenvalue weighted by molar-refractivity contribution is -0.117. The van der Waals surface area contributed by atoms with Gasteiger partial charge in [-0.05, 0) is 49.2 Å². The van der Waals surface area contributed by atoms with Gasteiger partial charge in [-0.1, -0.05) is 12.1 Å². The second-order valence-electron chi connectivity index (χ2n) is 6.68. The van der Waals surface area contributed by atoms with E-state index in [2.05, 4.69) is 16.0 Å². The Morgan fingerprint density at radius 2 is 1.64 bits per heavy atom. The molecule has 1 aliphatic rings. The summed E-state index contributed by atoms with van der Waals surface area (Å²) in [4.78, 5) is 26.1. The molecule has 0 bridgehead atoms. The molecule has 0 spiro atoms. The number of piperidine rings is 1. The Morgan fingerprint density at radius 3 is 2.32 bits per heavy atom. The molecule has 1 fully saturated rings. The van der Waals surface area contributed by atoms with E-state index in [1.54, 1.807) is 12.1 Å². The molecule has 1 saturated heterocycles. The highest BCUT2D eigenvalue weighted by molar-refractivity contribution is 5.92. The molecule has 3 N–H and O–H groups in total. The second-order valence-corrected chi connectivity index (χ2v) is 6.68. The van der Waals surface area contributed by atoms with Crippen LogP contribution in [0.5, 0.6) is 0 Å². The lowest BCUT2D eigenvalue weighted by Gasteiger charge is -2.31. The van der Waals surface area contributed by atoms with Crippen molar-refractivity contribution in [2.24, 2.45) is 0 Å². The Labute approximate surface area is 161 Å². The first kappa shape index (κ1) is 19.8. The monoisotopic (exact) mass is 388 g/mol. The number of para-hydroxylation sites is 1. The molecule has 0 unspecified atom stereocenters. The van der Waals surface area contributed by atoms with Crippen LogP contribution in [-0.2, 0) is 4.79 Å². The smallest absolute Gasteiger partial charge is 0.319 e. The molecule has 3 rings (SSSR count). The van der Waals surface area contributed by atoms with Gasteiger partial charge in [-0.15, -0.1) is 0 Å². The average molecular weight is 388 g/mol. The summed E-state index contributed by atoms with van der Waals surface area (Å²) in [6.45, 7) is 1.46. The van der Waals surface area contributed by atoms with Crippen molar-refractivity contribution in [2.75, 3.05) is 30.3 Å². The molecule has 0 atom stereocenters. The number of anilines is 2. The Balaban J connectivity index is 1.39. The van der Waals surface area contributed by atoms with Crippen LogP contribution in [0, 0.1) is 11.6 Å². The highest BCUT2D eigenvalue weighted by Crippen LogP contribution is 2.14. The topological polar surface area (TPSA) is 73.5 Å². The minimum Gasteiger partial charge on any atom is -0.335 e. The zero-order chi connectivity index (χ0) is 19.9. The first-order valence-corrected chi connectivity index (χ1v) is 9.09. The van der Waals surface area contributed by atoms with Crippen molar-refractivity contribution in [3.63, 3.8) is 0 Å². The maximum Gasteiger partial charge on any atom is 0.319 e. The van der Waals surface area contributed by atoms with E-state index >= 15 is 0 Å². The van der Waals surface area contributed by atoms with Crippen molar-refractivity contribution in [3.05, 3.63) is 60.2 Å². The number of carbonyl (C=O) groups excluding carboxylic acids is 2. The highest BCUT2D eigenvalue weighted by Gasteiger charge is 2.22. The number of nitrogens with one attached hydrogen (secondary N) is 3. The van der Waals surface area contributed by atoms with Gasteiger partial charge in [0.15, 0.2) is 0 Å². The molecule has 28 heavy (non-hydrogen) atoms. The zero-order valence-corrected chi connectivity index (χ0v) is 15.3. The standard InChI is InChI=1S/C20H22F2N4O2/c21-14-5-7-15(8-6-14)23-20(28)24-16-9-11-26(12-10-16)13-19(27)25-18-4-2-1-3-17(18)22/h1-8,16H,9-13H2,(H,25,27)(H2,23,24,28). The van der Waals surface area contributed by atoms with Crippen LogP contribution in [0.25, 0.3) is 0 Å². The predicted molar refractivity (Wildman–Crippen MR) is 103 cm³/mol. The van der Waals surface area contributed by atoms with Crippen molar-refractivity contribution in [3.8, 4) is 0 Å². The Bertz CT molecular complexity index is 821. The van der Waals surface area contributed by atoms with E-state index < -0.39 is 5.82 Å². The summed E-state index contributed by atoms with van der Waals surface area (Å²) >= 11 is 0. The molecular formula is C20H22F2N4O2. The third-order valence-corrected chi connectivity index (χ3v) is 4.54. The van der Waals surface area contributed by atoms with E-state index in [4.69, 9.17) is 0 Å². The number of halogens is 2. The molecule has 2 aromatic rings. The molecule has 1 heterocycles. The molecule has 148 valence electrons. The molecule has 0 aromatic heterocycles. The van der Waals surface area contributed by atoms with Gasteiger partial charge in [0.25, 0.3) is 0 Å². The molecule has 0 saturated carbocycles. The third kappa shape index (κ3) is 5.75. The second kappa shape index (κ2) is 9.27. The normalized spacial score (nSPS) is 15.1. The maximum absolute atomic E-state index is 13.6. The average Bonchev–Trinajstić information content (AvgIpc) is 2.67. The highest BCUT2D eigenvalue weighted by atomic mass is 19.1. The van der Waals surface area contributed by atoms with Crippen LogP contribution in [0.2, 0.25) is 0 Å². The fourth-order valence-electron chi connectivity index (χ4n) is 3.08. The van der Waals surface area contributed by atoms with Crippen LogP contribution in [0.4, 0.5) is 25.0 Å². The number of nitrogens with zero attached hydrogens (tertiary/aromatic N) is 1. The van der Waals surface area contributed by atoms with Gasteiger partial charge in [-0.25, -0.2) is 13.6 Å². The molecule has 1 aliphatic heterocycles. The van der Waals surface area contributed by atoms with Gasteiger partial charge < -0.3 is 16.0 Å². The van der Waals surface area contributed by atoms with Gasteiger partial charge in [0.1, 0.15) is 11.6 Å². The molecular weight excluding hydrogens is 366 g/mol. The van der Waals surface area contributed by atoms with Crippen molar-refractivity contribution >= 4 is 23.3 Å². The molecule has 0 aliphatic carbocycles. The lowest BCUT2D eigenvalue weighted by Crippen LogP contribution is -2.47. The van der Waals surface area contributed by atoms with Crippen LogP contribution in [0.3, 0.4) is 0 Å². The van der Waals surface area contributed by atoms with E-state index in [1.807, 2.05) is 4.90 Å². The van der Waals surface area contributed by atoms with E-state index in [9.17, 15) is 18.4 Å². The van der Waals surface area contributed by atoms with Crippen LogP contribution >= 0.6 is 0 Å². The van der Waals surface area contributed by atoms with E-state index in [0.717, 1.165) is 0 Å². The van der Waals surface area contributed by atoms with Crippen LogP contribution in [-0.4, -0.2) is 42.5 Å². The van der Waals surface area contributed by atoms with Gasteiger partial charge in [-0.3, -0.25) is 9.69 Å².